The van der Waals surface area contributed by atoms with Crippen LogP contribution in [0.5, 0.6) is 11.5 Å². The molecule has 23 heavy (non-hydrogen) atoms. The van der Waals surface area contributed by atoms with E-state index in [0.717, 1.165) is 36.4 Å². The Balaban J connectivity index is 1.73. The van der Waals surface area contributed by atoms with Crippen molar-refractivity contribution in [2.24, 2.45) is 7.05 Å². The van der Waals surface area contributed by atoms with E-state index in [-0.39, 0.29) is 18.7 Å². The molecule has 0 bridgehead atoms. The first-order valence-electron chi connectivity index (χ1n) is 7.47. The maximum Gasteiger partial charge on any atom is 0.406 e. The van der Waals surface area contributed by atoms with Crippen molar-refractivity contribution in [2.75, 3.05) is 18.2 Å². The fourth-order valence-corrected chi connectivity index (χ4v) is 3.36. The lowest BCUT2D eigenvalue weighted by atomic mass is 10.0. The average molecular weight is 316 g/mol. The SMILES string of the molecule is Cn1cnc([N+](=O)[O-])c1N1CCC[C@@H]1c1ccc2c(c1)OCO2. The summed E-state index contributed by atoms with van der Waals surface area (Å²) in [5, 5.41) is 11.3. The second-order valence-electron chi connectivity index (χ2n) is 5.72. The van der Waals surface area contributed by atoms with E-state index in [4.69, 9.17) is 9.47 Å². The number of nitro groups is 1. The summed E-state index contributed by atoms with van der Waals surface area (Å²) in [6.07, 6.45) is 3.39. The van der Waals surface area contributed by atoms with Crippen molar-refractivity contribution in [3.8, 4) is 11.5 Å². The summed E-state index contributed by atoms with van der Waals surface area (Å²) in [6, 6.07) is 5.93. The zero-order valence-electron chi connectivity index (χ0n) is 12.6. The molecule has 1 aromatic carbocycles. The van der Waals surface area contributed by atoms with Gasteiger partial charge in [-0.1, -0.05) is 6.07 Å². The minimum atomic E-state index is -0.426. The van der Waals surface area contributed by atoms with E-state index in [2.05, 4.69) is 9.88 Å². The molecule has 0 saturated carbocycles. The third-order valence-electron chi connectivity index (χ3n) is 4.37. The molecule has 1 atom stereocenters. The summed E-state index contributed by atoms with van der Waals surface area (Å²) in [4.78, 5) is 16.8. The molecule has 0 N–H and O–H groups in total. The zero-order valence-corrected chi connectivity index (χ0v) is 12.6. The van der Waals surface area contributed by atoms with Crippen LogP contribution in [0.1, 0.15) is 24.4 Å². The smallest absolute Gasteiger partial charge is 0.406 e. The third-order valence-corrected chi connectivity index (χ3v) is 4.37. The first-order chi connectivity index (χ1) is 11.1. The topological polar surface area (TPSA) is 82.7 Å². The molecule has 1 fully saturated rings. The van der Waals surface area contributed by atoms with Gasteiger partial charge in [0.05, 0.1) is 6.04 Å². The maximum atomic E-state index is 11.3. The molecule has 8 heteroatoms. The number of fused-ring (bicyclic) bond motifs is 1. The number of nitrogens with zero attached hydrogens (tertiary/aromatic N) is 4. The van der Waals surface area contributed by atoms with Gasteiger partial charge < -0.3 is 24.5 Å². The van der Waals surface area contributed by atoms with Gasteiger partial charge in [0.2, 0.25) is 18.9 Å². The molecule has 3 heterocycles. The predicted octanol–water partition coefficient (Wildman–Crippen LogP) is 2.40. The van der Waals surface area contributed by atoms with Crippen LogP contribution in [0.3, 0.4) is 0 Å². The van der Waals surface area contributed by atoms with Crippen molar-refractivity contribution in [3.63, 3.8) is 0 Å². The average Bonchev–Trinajstić information content (AvgIpc) is 3.24. The van der Waals surface area contributed by atoms with Crippen LogP contribution in [-0.2, 0) is 7.05 Å². The highest BCUT2D eigenvalue weighted by Crippen LogP contribution is 2.42. The van der Waals surface area contributed by atoms with Crippen molar-refractivity contribution in [1.29, 1.82) is 0 Å². The number of aromatic nitrogens is 2. The number of imidazole rings is 1. The lowest BCUT2D eigenvalue weighted by Crippen LogP contribution is -2.25. The first-order valence-corrected chi connectivity index (χ1v) is 7.47. The van der Waals surface area contributed by atoms with Crippen LogP contribution >= 0.6 is 0 Å². The molecule has 2 aromatic rings. The number of rotatable bonds is 3. The lowest BCUT2D eigenvalue weighted by molar-refractivity contribution is -0.388. The minimum Gasteiger partial charge on any atom is -0.454 e. The predicted molar refractivity (Wildman–Crippen MR) is 81.7 cm³/mol. The second-order valence-corrected chi connectivity index (χ2v) is 5.72. The molecule has 4 rings (SSSR count). The number of ether oxygens (including phenoxy) is 2. The van der Waals surface area contributed by atoms with Gasteiger partial charge in [-0.25, -0.2) is 0 Å². The lowest BCUT2D eigenvalue weighted by Gasteiger charge is -2.26. The molecule has 1 saturated heterocycles. The van der Waals surface area contributed by atoms with E-state index in [1.807, 2.05) is 18.2 Å². The number of hydrogen-bond acceptors (Lipinski definition) is 6. The van der Waals surface area contributed by atoms with Crippen molar-refractivity contribution in [3.05, 3.63) is 40.2 Å². The van der Waals surface area contributed by atoms with E-state index >= 15 is 0 Å². The quantitative estimate of drug-likeness (QED) is 0.639. The number of anilines is 1. The maximum absolute atomic E-state index is 11.3. The van der Waals surface area contributed by atoms with Crippen LogP contribution in [0.15, 0.2) is 24.5 Å². The first kappa shape index (κ1) is 13.9. The van der Waals surface area contributed by atoms with Gasteiger partial charge in [-0.2, -0.15) is 0 Å². The minimum absolute atomic E-state index is 0.0681. The Morgan fingerprint density at radius 1 is 1.35 bits per heavy atom. The van der Waals surface area contributed by atoms with Crippen LogP contribution in [0, 0.1) is 10.1 Å². The van der Waals surface area contributed by atoms with Crippen LogP contribution < -0.4 is 14.4 Å². The van der Waals surface area contributed by atoms with Crippen molar-refractivity contribution >= 4 is 11.6 Å². The van der Waals surface area contributed by atoms with Crippen LogP contribution in [0.4, 0.5) is 11.6 Å². The van der Waals surface area contributed by atoms with Gasteiger partial charge in [-0.15, -0.1) is 0 Å². The normalized spacial score (nSPS) is 19.3. The molecule has 2 aliphatic heterocycles. The number of benzene rings is 1. The molecule has 8 nitrogen and oxygen atoms in total. The molecule has 0 unspecified atom stereocenters. The summed E-state index contributed by atoms with van der Waals surface area (Å²) >= 11 is 0. The Hall–Kier alpha value is -2.77. The molecule has 0 spiro atoms. The van der Waals surface area contributed by atoms with Crippen LogP contribution in [0.2, 0.25) is 0 Å². The summed E-state index contributed by atoms with van der Waals surface area (Å²) < 4.78 is 12.5. The van der Waals surface area contributed by atoms with E-state index in [1.54, 1.807) is 11.6 Å². The molecule has 1 aromatic heterocycles. The van der Waals surface area contributed by atoms with Crippen molar-refractivity contribution < 1.29 is 14.4 Å². The third kappa shape index (κ3) is 2.18. The van der Waals surface area contributed by atoms with Gasteiger partial charge in [0.25, 0.3) is 0 Å². The van der Waals surface area contributed by atoms with Gasteiger partial charge >= 0.3 is 5.82 Å². The van der Waals surface area contributed by atoms with Gasteiger partial charge in [0.1, 0.15) is 0 Å². The Morgan fingerprint density at radius 2 is 2.17 bits per heavy atom. The zero-order chi connectivity index (χ0) is 16.0. The van der Waals surface area contributed by atoms with E-state index in [9.17, 15) is 10.1 Å². The Bertz CT molecular complexity index is 773. The Morgan fingerprint density at radius 3 is 3.00 bits per heavy atom. The summed E-state index contributed by atoms with van der Waals surface area (Å²) in [5.41, 5.74) is 1.07. The van der Waals surface area contributed by atoms with E-state index in [0.29, 0.717) is 5.82 Å². The van der Waals surface area contributed by atoms with E-state index < -0.39 is 4.92 Å². The van der Waals surface area contributed by atoms with Crippen LogP contribution in [0.25, 0.3) is 0 Å². The van der Waals surface area contributed by atoms with Gasteiger partial charge in [0.15, 0.2) is 11.5 Å². The Kier molecular flexibility index (Phi) is 3.10. The number of aryl methyl sites for hydroxylation is 1. The van der Waals surface area contributed by atoms with Crippen molar-refractivity contribution in [2.45, 2.75) is 18.9 Å². The van der Waals surface area contributed by atoms with Gasteiger partial charge in [0, 0.05) is 13.6 Å². The molecule has 2 aliphatic rings. The highest BCUT2D eigenvalue weighted by molar-refractivity contribution is 5.58. The largest absolute Gasteiger partial charge is 0.454 e. The summed E-state index contributed by atoms with van der Waals surface area (Å²) in [5.74, 6) is 1.92. The number of hydrogen-bond donors (Lipinski definition) is 0. The fraction of sp³-hybridized carbons (Fsp3) is 0.400. The monoisotopic (exact) mass is 316 g/mol. The molecule has 120 valence electrons. The summed E-state index contributed by atoms with van der Waals surface area (Å²) in [7, 11) is 1.78. The second kappa shape index (κ2) is 5.15. The molecule has 0 aliphatic carbocycles. The molecule has 0 amide bonds. The molecular weight excluding hydrogens is 300 g/mol. The molecular formula is C15H16N4O4. The Labute approximate surface area is 132 Å². The van der Waals surface area contributed by atoms with Gasteiger partial charge in [-0.05, 0) is 40.4 Å². The fourth-order valence-electron chi connectivity index (χ4n) is 3.36. The standard InChI is InChI=1S/C15H16N4O4/c1-17-8-16-14(19(20)21)15(17)18-6-2-3-11(18)10-4-5-12-13(7-10)23-9-22-12/h4-5,7-8,11H,2-3,6,9H2,1H3/t11-/m1/s1. The van der Waals surface area contributed by atoms with Gasteiger partial charge in [-0.3, -0.25) is 4.57 Å². The van der Waals surface area contributed by atoms with Crippen molar-refractivity contribution in [1.82, 2.24) is 9.55 Å². The summed E-state index contributed by atoms with van der Waals surface area (Å²) in [6.45, 7) is 1.000. The van der Waals surface area contributed by atoms with E-state index in [1.165, 1.54) is 6.33 Å². The molecule has 0 radical (unpaired) electrons. The van der Waals surface area contributed by atoms with Crippen LogP contribution in [-0.4, -0.2) is 27.8 Å². The highest BCUT2D eigenvalue weighted by Gasteiger charge is 2.35. The highest BCUT2D eigenvalue weighted by atomic mass is 16.7.